The van der Waals surface area contributed by atoms with E-state index in [1.807, 2.05) is 31.3 Å². The van der Waals surface area contributed by atoms with Gasteiger partial charge in [-0.1, -0.05) is 54.6 Å². The molecule has 0 saturated carbocycles. The Bertz CT molecular complexity index is 1030. The third kappa shape index (κ3) is 4.82. The number of nitrogens with one attached hydrogen (secondary N) is 1. The van der Waals surface area contributed by atoms with Crippen LogP contribution >= 0.6 is 7.26 Å². The summed E-state index contributed by atoms with van der Waals surface area (Å²) in [5, 5.41) is 24.5. The number of aromatic amines is 1. The summed E-state index contributed by atoms with van der Waals surface area (Å²) in [4.78, 5) is 3.18. The van der Waals surface area contributed by atoms with Gasteiger partial charge in [-0.25, -0.2) is 4.98 Å². The molecule has 0 aliphatic carbocycles. The standard InChI is InChI=1S/C26H24NO2P.2ClH/c1-20-26(29)25(18-28)21(17-27-20)19-30(22-11-5-2-6-12-22,23-13-7-3-8-14-23)24-15-9-4-10-16-24;;/h2-17,28H,18-19H2,1H3;2*1H. The summed E-state index contributed by atoms with van der Waals surface area (Å²) in [5.74, 6) is 0.141. The number of halogens is 2. The summed E-state index contributed by atoms with van der Waals surface area (Å²) in [7, 11) is -2.09. The molecular weight excluding hydrogens is 460 g/mol. The number of aliphatic hydroxyl groups is 1. The molecule has 166 valence electrons. The van der Waals surface area contributed by atoms with Crippen LogP contribution < -0.4 is 45.7 Å². The van der Waals surface area contributed by atoms with E-state index in [9.17, 15) is 10.2 Å². The van der Waals surface area contributed by atoms with E-state index in [4.69, 9.17) is 0 Å². The maximum absolute atomic E-state index is 10.6. The zero-order valence-electron chi connectivity index (χ0n) is 17.7. The lowest BCUT2D eigenvalue weighted by molar-refractivity contribution is -0.389. The molecule has 3 nitrogen and oxygen atoms in total. The lowest BCUT2D eigenvalue weighted by atomic mass is 10.1. The number of aliphatic hydroxyl groups excluding tert-OH is 1. The van der Waals surface area contributed by atoms with Crippen LogP contribution in [0.1, 0.15) is 16.8 Å². The normalized spacial score (nSPS) is 10.7. The van der Waals surface area contributed by atoms with Crippen molar-refractivity contribution in [3.05, 3.63) is 114 Å². The Kier molecular flexibility index (Phi) is 9.24. The molecular formula is C26H26Cl2NO2P. The molecule has 6 heteroatoms. The molecule has 0 radical (unpaired) electrons. The van der Waals surface area contributed by atoms with E-state index in [-0.39, 0.29) is 37.2 Å². The van der Waals surface area contributed by atoms with Crippen LogP contribution in [-0.2, 0) is 12.8 Å². The second-order valence-corrected chi connectivity index (χ2v) is 10.9. The molecule has 3 N–H and O–H groups in total. The number of benzene rings is 3. The summed E-state index contributed by atoms with van der Waals surface area (Å²) in [6.07, 6.45) is 2.63. The van der Waals surface area contributed by atoms with Gasteiger partial charge in [0, 0.05) is 12.5 Å². The fourth-order valence-corrected chi connectivity index (χ4v) is 8.35. The number of pyridine rings is 1. The van der Waals surface area contributed by atoms with Gasteiger partial charge in [0.15, 0.2) is 11.9 Å². The Hall–Kier alpha value is -2.42. The Morgan fingerprint density at radius 3 is 1.50 bits per heavy atom. The van der Waals surface area contributed by atoms with Gasteiger partial charge in [0.1, 0.15) is 29.3 Å². The fraction of sp³-hybridized carbons (Fsp3) is 0.115. The fourth-order valence-electron chi connectivity index (χ4n) is 4.07. The highest BCUT2D eigenvalue weighted by Gasteiger charge is 2.46. The number of hydrogen-bond acceptors (Lipinski definition) is 2. The largest absolute Gasteiger partial charge is 1.00 e. The number of aromatic hydroxyl groups is 1. The van der Waals surface area contributed by atoms with Crippen molar-refractivity contribution in [2.24, 2.45) is 0 Å². The number of rotatable bonds is 6. The highest BCUT2D eigenvalue weighted by Crippen LogP contribution is 2.58. The summed E-state index contributed by atoms with van der Waals surface area (Å²) in [6, 6.07) is 31.8. The van der Waals surface area contributed by atoms with Crippen LogP contribution in [0.5, 0.6) is 5.75 Å². The van der Waals surface area contributed by atoms with E-state index >= 15 is 0 Å². The van der Waals surface area contributed by atoms with Crippen molar-refractivity contribution < 1.29 is 40.0 Å². The Morgan fingerprint density at radius 2 is 1.12 bits per heavy atom. The van der Waals surface area contributed by atoms with E-state index in [1.54, 1.807) is 0 Å². The van der Waals surface area contributed by atoms with Crippen LogP contribution in [0.15, 0.2) is 97.2 Å². The van der Waals surface area contributed by atoms with E-state index in [1.165, 1.54) is 15.9 Å². The third-order valence-corrected chi connectivity index (χ3v) is 10.0. The molecule has 0 fully saturated rings. The molecule has 0 saturated heterocycles. The Morgan fingerprint density at radius 1 is 0.719 bits per heavy atom. The molecule has 0 aliphatic heterocycles. The van der Waals surface area contributed by atoms with Crippen molar-refractivity contribution in [2.45, 2.75) is 19.7 Å². The quantitative estimate of drug-likeness (QED) is 0.297. The zero-order chi connectivity index (χ0) is 21.0. The first-order chi connectivity index (χ1) is 14.7. The number of H-pyrrole nitrogens is 1. The van der Waals surface area contributed by atoms with Crippen LogP contribution in [0.2, 0.25) is 0 Å². The van der Waals surface area contributed by atoms with Crippen molar-refractivity contribution >= 4 is 23.2 Å². The minimum Gasteiger partial charge on any atom is -1.00 e. The van der Waals surface area contributed by atoms with Gasteiger partial charge in [-0.3, -0.25) is 0 Å². The third-order valence-electron chi connectivity index (χ3n) is 5.65. The Balaban J connectivity index is 0.00000181. The van der Waals surface area contributed by atoms with Crippen LogP contribution in [0.4, 0.5) is 0 Å². The van der Waals surface area contributed by atoms with Crippen LogP contribution in [-0.4, -0.2) is 10.2 Å². The van der Waals surface area contributed by atoms with Gasteiger partial charge >= 0.3 is 0 Å². The maximum Gasteiger partial charge on any atom is 0.219 e. The van der Waals surface area contributed by atoms with Gasteiger partial charge < -0.3 is 35.0 Å². The van der Waals surface area contributed by atoms with Crippen LogP contribution in [0.25, 0.3) is 0 Å². The van der Waals surface area contributed by atoms with Gasteiger partial charge in [-0.2, -0.15) is 0 Å². The average molecular weight is 486 g/mol. The van der Waals surface area contributed by atoms with Gasteiger partial charge in [-0.15, -0.1) is 0 Å². The van der Waals surface area contributed by atoms with Crippen LogP contribution in [0, 0.1) is 6.92 Å². The maximum atomic E-state index is 10.6. The Labute approximate surface area is 202 Å². The molecule has 0 atom stereocenters. The molecule has 0 spiro atoms. The SMILES string of the molecule is Cc1[nH+]cc(C[P+](c2ccccc2)(c2ccccc2)c2ccccc2)c(CO)c1O.[Cl-].[Cl-]. The van der Waals surface area contributed by atoms with Gasteiger partial charge in [0.05, 0.1) is 12.2 Å². The molecule has 0 bridgehead atoms. The monoisotopic (exact) mass is 485 g/mol. The molecule has 4 rings (SSSR count). The molecule has 1 aromatic heterocycles. The van der Waals surface area contributed by atoms with Crippen molar-refractivity contribution in [3.8, 4) is 5.75 Å². The first-order valence-corrected chi connectivity index (χ1v) is 12.0. The smallest absolute Gasteiger partial charge is 0.219 e. The first kappa shape index (κ1) is 25.8. The van der Waals surface area contributed by atoms with Crippen molar-refractivity contribution in [1.82, 2.24) is 0 Å². The molecule has 3 aromatic carbocycles. The van der Waals surface area contributed by atoms with Crippen molar-refractivity contribution in [2.75, 3.05) is 0 Å². The summed E-state index contributed by atoms with van der Waals surface area (Å²) < 4.78 is 0. The average Bonchev–Trinajstić information content (AvgIpc) is 2.81. The van der Waals surface area contributed by atoms with Gasteiger partial charge in [0.25, 0.3) is 0 Å². The minimum absolute atomic E-state index is 0. The van der Waals surface area contributed by atoms with Crippen LogP contribution in [0.3, 0.4) is 0 Å². The predicted octanol–water partition coefficient (Wildman–Crippen LogP) is -2.49. The van der Waals surface area contributed by atoms with E-state index in [2.05, 4.69) is 77.8 Å². The van der Waals surface area contributed by atoms with Crippen molar-refractivity contribution in [1.29, 1.82) is 0 Å². The molecule has 1 heterocycles. The highest BCUT2D eigenvalue weighted by atomic mass is 35.5. The van der Waals surface area contributed by atoms with Gasteiger partial charge in [0.2, 0.25) is 5.69 Å². The van der Waals surface area contributed by atoms with E-state index in [0.29, 0.717) is 17.4 Å². The molecule has 4 aromatic rings. The molecule has 32 heavy (non-hydrogen) atoms. The second-order valence-electron chi connectivity index (χ2n) is 7.40. The molecule has 0 aliphatic rings. The highest BCUT2D eigenvalue weighted by molar-refractivity contribution is 7.95. The predicted molar refractivity (Wildman–Crippen MR) is 124 cm³/mol. The molecule has 0 amide bonds. The number of aromatic nitrogens is 1. The number of aryl methyl sites for hydroxylation is 1. The summed E-state index contributed by atoms with van der Waals surface area (Å²) in [6.45, 7) is 1.61. The second kappa shape index (κ2) is 11.4. The summed E-state index contributed by atoms with van der Waals surface area (Å²) >= 11 is 0. The first-order valence-electron chi connectivity index (χ1n) is 10.0. The summed E-state index contributed by atoms with van der Waals surface area (Å²) in [5.41, 5.74) is 2.19. The van der Waals surface area contributed by atoms with Gasteiger partial charge in [-0.05, 0) is 36.4 Å². The van der Waals surface area contributed by atoms with E-state index in [0.717, 1.165) is 5.56 Å². The minimum atomic E-state index is -2.09. The zero-order valence-corrected chi connectivity index (χ0v) is 20.2. The lowest BCUT2D eigenvalue weighted by Crippen LogP contribution is -3.00. The number of hydrogen-bond donors (Lipinski definition) is 2. The van der Waals surface area contributed by atoms with E-state index < -0.39 is 7.26 Å². The lowest BCUT2D eigenvalue weighted by Gasteiger charge is -2.28. The molecule has 0 unspecified atom stereocenters. The topological polar surface area (TPSA) is 54.6 Å². The van der Waals surface area contributed by atoms with Crippen molar-refractivity contribution in [3.63, 3.8) is 0 Å².